The van der Waals surface area contributed by atoms with E-state index in [4.69, 9.17) is 0 Å². The first-order valence-corrected chi connectivity index (χ1v) is 9.29. The van der Waals surface area contributed by atoms with E-state index in [1.807, 2.05) is 26.0 Å². The van der Waals surface area contributed by atoms with Crippen LogP contribution in [0.2, 0.25) is 0 Å². The maximum atomic E-state index is 12.8. The van der Waals surface area contributed by atoms with Crippen LogP contribution >= 0.6 is 0 Å². The first-order valence-electron chi connectivity index (χ1n) is 9.29. The smallest absolute Gasteiger partial charge is 0.293 e. The van der Waals surface area contributed by atoms with Crippen molar-refractivity contribution in [2.24, 2.45) is 0 Å². The molecule has 3 rings (SSSR count). The molecule has 2 heterocycles. The third-order valence-corrected chi connectivity index (χ3v) is 4.71. The molecule has 1 aromatic carbocycles. The molecule has 0 fully saturated rings. The van der Waals surface area contributed by atoms with Gasteiger partial charge in [0, 0.05) is 11.6 Å². The Bertz CT molecular complexity index is 1020. The summed E-state index contributed by atoms with van der Waals surface area (Å²) in [5, 5.41) is 11.6. The zero-order chi connectivity index (χ0) is 19.6. The molecule has 0 spiro atoms. The molecule has 7 nitrogen and oxygen atoms in total. The normalized spacial score (nSPS) is 12.3. The Morgan fingerprint density at radius 3 is 2.52 bits per heavy atom. The summed E-state index contributed by atoms with van der Waals surface area (Å²) in [6.07, 6.45) is 1.80. The minimum absolute atomic E-state index is 0.0608. The Kier molecular flexibility index (Phi) is 5.39. The molecular weight excluding hydrogens is 342 g/mol. The van der Waals surface area contributed by atoms with Crippen molar-refractivity contribution in [3.63, 3.8) is 0 Å². The van der Waals surface area contributed by atoms with Gasteiger partial charge in [0.1, 0.15) is 17.9 Å². The lowest BCUT2D eigenvalue weighted by Gasteiger charge is -2.12. The van der Waals surface area contributed by atoms with E-state index < -0.39 is 0 Å². The monoisotopic (exact) mass is 367 g/mol. The maximum absolute atomic E-state index is 12.8. The van der Waals surface area contributed by atoms with Crippen LogP contribution in [0.3, 0.4) is 0 Å². The van der Waals surface area contributed by atoms with Crippen LogP contribution in [0, 0.1) is 6.92 Å². The summed E-state index contributed by atoms with van der Waals surface area (Å²) in [6, 6.07) is 9.93. The first kappa shape index (κ1) is 18.8. The average molecular weight is 367 g/mol. The Morgan fingerprint density at radius 2 is 1.89 bits per heavy atom. The Balaban J connectivity index is 1.96. The molecule has 0 radical (unpaired) electrons. The van der Waals surface area contributed by atoms with Gasteiger partial charge in [-0.2, -0.15) is 10.2 Å². The third-order valence-electron chi connectivity index (χ3n) is 4.71. The maximum Gasteiger partial charge on any atom is 0.293 e. The standard InChI is InChI=1S/C20H25N5O2/c1-5-13(3)21-19(26)12-24-20(27)18-11-17(23-25(18)14(4)22-24)16-9-7-15(6-2)8-10-16/h7-11,13H,5-6,12H2,1-4H3,(H,21,26)/t13-/m1/s1. The summed E-state index contributed by atoms with van der Waals surface area (Å²) in [7, 11) is 0. The minimum Gasteiger partial charge on any atom is -0.352 e. The quantitative estimate of drug-likeness (QED) is 0.725. The molecule has 1 atom stereocenters. The molecule has 2 aromatic heterocycles. The summed E-state index contributed by atoms with van der Waals surface area (Å²) < 4.78 is 2.74. The van der Waals surface area contributed by atoms with Gasteiger partial charge in [0.2, 0.25) is 5.91 Å². The van der Waals surface area contributed by atoms with Gasteiger partial charge in [0.25, 0.3) is 5.56 Å². The molecule has 7 heteroatoms. The first-order chi connectivity index (χ1) is 12.9. The number of fused-ring (bicyclic) bond motifs is 1. The second-order valence-electron chi connectivity index (χ2n) is 6.76. The van der Waals surface area contributed by atoms with E-state index in [-0.39, 0.29) is 24.1 Å². The molecule has 0 bridgehead atoms. The second-order valence-corrected chi connectivity index (χ2v) is 6.76. The number of carbonyl (C=O) groups is 1. The Hall–Kier alpha value is -2.96. The van der Waals surface area contributed by atoms with Gasteiger partial charge in [0.15, 0.2) is 0 Å². The fraction of sp³-hybridized carbons (Fsp3) is 0.400. The van der Waals surface area contributed by atoms with Crippen LogP contribution < -0.4 is 10.9 Å². The van der Waals surface area contributed by atoms with Crippen molar-refractivity contribution in [1.29, 1.82) is 0 Å². The largest absolute Gasteiger partial charge is 0.352 e. The number of nitrogens with one attached hydrogen (secondary N) is 1. The van der Waals surface area contributed by atoms with Gasteiger partial charge in [0.05, 0.1) is 5.69 Å². The molecule has 0 saturated carbocycles. The van der Waals surface area contributed by atoms with Crippen LogP contribution in [0.25, 0.3) is 16.8 Å². The summed E-state index contributed by atoms with van der Waals surface area (Å²) in [5.41, 5.74) is 2.98. The van der Waals surface area contributed by atoms with Crippen molar-refractivity contribution in [1.82, 2.24) is 24.7 Å². The van der Waals surface area contributed by atoms with Gasteiger partial charge in [-0.15, -0.1) is 0 Å². The van der Waals surface area contributed by atoms with E-state index in [2.05, 4.69) is 34.6 Å². The number of aryl methyl sites for hydroxylation is 2. The predicted octanol–water partition coefficient (Wildman–Crippen LogP) is 2.34. The van der Waals surface area contributed by atoms with Gasteiger partial charge >= 0.3 is 0 Å². The molecule has 0 saturated heterocycles. The lowest BCUT2D eigenvalue weighted by molar-refractivity contribution is -0.122. The molecule has 3 aromatic rings. The summed E-state index contributed by atoms with van der Waals surface area (Å²) in [6.45, 7) is 7.69. The van der Waals surface area contributed by atoms with Gasteiger partial charge in [-0.1, -0.05) is 38.1 Å². The number of aromatic nitrogens is 4. The van der Waals surface area contributed by atoms with E-state index in [9.17, 15) is 9.59 Å². The highest BCUT2D eigenvalue weighted by Gasteiger charge is 2.15. The number of amides is 1. The van der Waals surface area contributed by atoms with Gasteiger partial charge < -0.3 is 5.32 Å². The van der Waals surface area contributed by atoms with Gasteiger partial charge in [-0.05, 0) is 38.3 Å². The zero-order valence-electron chi connectivity index (χ0n) is 16.2. The van der Waals surface area contributed by atoms with Crippen LogP contribution in [-0.4, -0.2) is 31.3 Å². The number of hydrogen-bond donors (Lipinski definition) is 1. The van der Waals surface area contributed by atoms with Gasteiger partial charge in [-0.3, -0.25) is 9.59 Å². The fourth-order valence-corrected chi connectivity index (χ4v) is 2.89. The second kappa shape index (κ2) is 7.73. The van der Waals surface area contributed by atoms with Crippen LogP contribution in [0.5, 0.6) is 0 Å². The van der Waals surface area contributed by atoms with Crippen molar-refractivity contribution in [2.45, 2.75) is 53.1 Å². The molecule has 0 aliphatic heterocycles. The van der Waals surface area contributed by atoms with Crippen LogP contribution in [0.15, 0.2) is 35.1 Å². The molecular formula is C20H25N5O2. The van der Waals surface area contributed by atoms with Crippen molar-refractivity contribution >= 4 is 11.4 Å². The SMILES string of the molecule is CCc1ccc(-c2cc3c(=O)n(CC(=O)N[C@H](C)CC)nc(C)n3n2)cc1. The van der Waals surface area contributed by atoms with Crippen molar-refractivity contribution in [2.75, 3.05) is 0 Å². The van der Waals surface area contributed by atoms with Crippen molar-refractivity contribution < 1.29 is 4.79 Å². The summed E-state index contributed by atoms with van der Waals surface area (Å²) in [4.78, 5) is 24.9. The fourth-order valence-electron chi connectivity index (χ4n) is 2.89. The van der Waals surface area contributed by atoms with Crippen molar-refractivity contribution in [3.05, 3.63) is 52.1 Å². The van der Waals surface area contributed by atoms with E-state index >= 15 is 0 Å². The number of carbonyl (C=O) groups excluding carboxylic acids is 1. The van der Waals surface area contributed by atoms with E-state index in [0.717, 1.165) is 18.4 Å². The Labute approximate surface area is 158 Å². The molecule has 142 valence electrons. The molecule has 1 N–H and O–H groups in total. The highest BCUT2D eigenvalue weighted by atomic mass is 16.2. The minimum atomic E-state index is -0.330. The number of nitrogens with zero attached hydrogens (tertiary/aromatic N) is 4. The number of hydrogen-bond acceptors (Lipinski definition) is 4. The highest BCUT2D eigenvalue weighted by molar-refractivity contribution is 5.76. The van der Waals surface area contributed by atoms with Crippen molar-refractivity contribution in [3.8, 4) is 11.3 Å². The number of rotatable bonds is 6. The van der Waals surface area contributed by atoms with Crippen LogP contribution in [-0.2, 0) is 17.8 Å². The van der Waals surface area contributed by atoms with E-state index in [1.54, 1.807) is 13.0 Å². The lowest BCUT2D eigenvalue weighted by Crippen LogP contribution is -2.38. The van der Waals surface area contributed by atoms with Crippen LogP contribution in [0.1, 0.15) is 38.6 Å². The molecule has 0 aliphatic rings. The summed E-state index contributed by atoms with van der Waals surface area (Å²) in [5.74, 6) is 0.329. The molecule has 0 aliphatic carbocycles. The topological polar surface area (TPSA) is 81.3 Å². The van der Waals surface area contributed by atoms with E-state index in [1.165, 1.54) is 14.8 Å². The summed E-state index contributed by atoms with van der Waals surface area (Å²) >= 11 is 0. The van der Waals surface area contributed by atoms with Crippen LogP contribution in [0.4, 0.5) is 0 Å². The van der Waals surface area contributed by atoms with Gasteiger partial charge in [-0.25, -0.2) is 9.20 Å². The number of benzene rings is 1. The average Bonchev–Trinajstić information content (AvgIpc) is 3.12. The molecule has 0 unspecified atom stereocenters. The van der Waals surface area contributed by atoms with E-state index in [0.29, 0.717) is 17.0 Å². The predicted molar refractivity (Wildman–Crippen MR) is 105 cm³/mol. The third kappa shape index (κ3) is 3.92. The molecule has 1 amide bonds. The lowest BCUT2D eigenvalue weighted by atomic mass is 10.1. The zero-order valence-corrected chi connectivity index (χ0v) is 16.2. The molecule has 27 heavy (non-hydrogen) atoms. The Morgan fingerprint density at radius 1 is 1.19 bits per heavy atom. The highest BCUT2D eigenvalue weighted by Crippen LogP contribution is 2.19.